The lowest BCUT2D eigenvalue weighted by molar-refractivity contribution is -0.137. The minimum absolute atomic E-state index is 0.205. The number of para-hydroxylation sites is 1. The molecule has 0 aliphatic rings. The number of thioether (sulfide) groups is 1. The van der Waals surface area contributed by atoms with Crippen LogP contribution in [-0.2, 0) is 16.6 Å². The fourth-order valence-electron chi connectivity index (χ4n) is 2.74. The summed E-state index contributed by atoms with van der Waals surface area (Å²) in [6, 6.07) is 12.2. The lowest BCUT2D eigenvalue weighted by atomic mass is 10.3. The normalized spacial score (nSPS) is 11.2. The number of hydrogen-bond donors (Lipinski definition) is 0. The van der Waals surface area contributed by atoms with Crippen LogP contribution in [0.5, 0.6) is 0 Å². The smallest absolute Gasteiger partial charge is 0.316 e. The summed E-state index contributed by atoms with van der Waals surface area (Å²) < 4.78 is 8.53. The Morgan fingerprint density at radius 3 is 2.78 bits per heavy atom. The molecule has 7 nitrogen and oxygen atoms in total. The van der Waals surface area contributed by atoms with E-state index < -0.39 is 0 Å². The van der Waals surface area contributed by atoms with E-state index in [0.717, 1.165) is 32.3 Å². The first-order valence-corrected chi connectivity index (χ1v) is 10.0. The van der Waals surface area contributed by atoms with E-state index in [4.69, 9.17) is 0 Å². The number of carbonyl (C=O) groups is 1. The third-order valence-electron chi connectivity index (χ3n) is 4.15. The van der Waals surface area contributed by atoms with Gasteiger partial charge < -0.3 is 9.30 Å². The number of benzene rings is 1. The first kappa shape index (κ1) is 17.7. The number of aryl methyl sites for hydroxylation is 1. The van der Waals surface area contributed by atoms with Crippen molar-refractivity contribution in [2.24, 2.45) is 7.05 Å². The second kappa shape index (κ2) is 7.16. The van der Waals surface area contributed by atoms with Gasteiger partial charge >= 0.3 is 5.97 Å². The fraction of sp³-hybridized carbons (Fsp3) is 0.222. The number of carbonyl (C=O) groups excluding carboxylic acids is 1. The Hall–Kier alpha value is -2.65. The van der Waals surface area contributed by atoms with Crippen molar-refractivity contribution in [3.8, 4) is 16.4 Å². The summed E-state index contributed by atoms with van der Waals surface area (Å²) in [6.07, 6.45) is 0. The lowest BCUT2D eigenvalue weighted by Crippen LogP contribution is -2.04. The summed E-state index contributed by atoms with van der Waals surface area (Å²) in [5.41, 5.74) is 2.00. The molecule has 0 fully saturated rings. The zero-order chi connectivity index (χ0) is 19.0. The van der Waals surface area contributed by atoms with Crippen LogP contribution in [0.2, 0.25) is 0 Å². The van der Waals surface area contributed by atoms with Crippen molar-refractivity contribution in [1.82, 2.24) is 24.5 Å². The summed E-state index contributed by atoms with van der Waals surface area (Å²) in [6.45, 7) is 2.01. The highest BCUT2D eigenvalue weighted by Gasteiger charge is 2.19. The molecule has 9 heteroatoms. The number of esters is 1. The molecule has 0 spiro atoms. The van der Waals surface area contributed by atoms with Crippen LogP contribution in [0.4, 0.5) is 0 Å². The van der Waals surface area contributed by atoms with E-state index in [1.54, 1.807) is 11.3 Å². The van der Waals surface area contributed by atoms with E-state index in [2.05, 4.69) is 26.1 Å². The second-order valence-corrected chi connectivity index (χ2v) is 7.87. The molecule has 0 radical (unpaired) electrons. The molecule has 0 saturated carbocycles. The van der Waals surface area contributed by atoms with Crippen LogP contribution in [0.3, 0.4) is 0 Å². The van der Waals surface area contributed by atoms with E-state index in [1.165, 1.54) is 18.9 Å². The maximum atomic E-state index is 11.4. The Labute approximate surface area is 164 Å². The number of rotatable bonds is 5. The van der Waals surface area contributed by atoms with Crippen LogP contribution in [0.25, 0.3) is 26.6 Å². The topological polar surface area (TPSA) is 74.8 Å². The number of thiophene rings is 1. The predicted octanol–water partition coefficient (Wildman–Crippen LogP) is 3.46. The molecule has 138 valence electrons. The van der Waals surface area contributed by atoms with Crippen LogP contribution < -0.4 is 0 Å². The molecule has 0 N–H and O–H groups in total. The molecule has 3 heterocycles. The van der Waals surface area contributed by atoms with Gasteiger partial charge in [0.2, 0.25) is 0 Å². The van der Waals surface area contributed by atoms with E-state index in [1.807, 2.05) is 53.6 Å². The molecule has 4 rings (SSSR count). The van der Waals surface area contributed by atoms with Crippen molar-refractivity contribution in [2.75, 3.05) is 12.9 Å². The van der Waals surface area contributed by atoms with Crippen molar-refractivity contribution >= 4 is 39.3 Å². The van der Waals surface area contributed by atoms with Crippen LogP contribution in [0.15, 0.2) is 41.6 Å². The third-order valence-corrected chi connectivity index (χ3v) is 6.25. The lowest BCUT2D eigenvalue weighted by Gasteiger charge is -2.02. The number of ether oxygens (including phenoxy) is 1. The number of hydrogen-bond acceptors (Lipinski definition) is 7. The van der Waals surface area contributed by atoms with E-state index >= 15 is 0 Å². The average Bonchev–Trinajstić information content (AvgIpc) is 3.35. The largest absolute Gasteiger partial charge is 0.468 e. The number of methoxy groups -OCH3 is 1. The third kappa shape index (κ3) is 3.24. The van der Waals surface area contributed by atoms with Crippen molar-refractivity contribution in [3.63, 3.8) is 0 Å². The standard InChI is InChI=1S/C18H17N5O2S2/c1-11-13-9-14(16-19-20-18(22(16)2)26-10-15(24)25-3)27-17(13)23(21-11)12-7-5-4-6-8-12/h4-9H,10H2,1-3H3. The van der Waals surface area contributed by atoms with Gasteiger partial charge in [0.1, 0.15) is 4.83 Å². The molecule has 27 heavy (non-hydrogen) atoms. The zero-order valence-corrected chi connectivity index (χ0v) is 16.7. The minimum Gasteiger partial charge on any atom is -0.468 e. The molecule has 1 aromatic carbocycles. The van der Waals surface area contributed by atoms with Crippen LogP contribution >= 0.6 is 23.1 Å². The fourth-order valence-corrected chi connectivity index (χ4v) is 4.69. The molecule has 0 unspecified atom stereocenters. The maximum absolute atomic E-state index is 11.4. The monoisotopic (exact) mass is 399 g/mol. The highest BCUT2D eigenvalue weighted by Crippen LogP contribution is 2.36. The zero-order valence-electron chi connectivity index (χ0n) is 15.0. The summed E-state index contributed by atoms with van der Waals surface area (Å²) >= 11 is 2.93. The van der Waals surface area contributed by atoms with Crippen LogP contribution in [-0.4, -0.2) is 43.4 Å². The number of fused-ring (bicyclic) bond motifs is 1. The van der Waals surface area contributed by atoms with Crippen molar-refractivity contribution < 1.29 is 9.53 Å². The Morgan fingerprint density at radius 2 is 2.04 bits per heavy atom. The Balaban J connectivity index is 1.71. The van der Waals surface area contributed by atoms with E-state index in [0.29, 0.717) is 5.16 Å². The summed E-state index contributed by atoms with van der Waals surface area (Å²) in [5, 5.41) is 15.0. The van der Waals surface area contributed by atoms with Crippen molar-refractivity contribution in [3.05, 3.63) is 42.1 Å². The van der Waals surface area contributed by atoms with Gasteiger partial charge in [-0.05, 0) is 25.1 Å². The first-order chi connectivity index (χ1) is 13.1. The highest BCUT2D eigenvalue weighted by molar-refractivity contribution is 7.99. The van der Waals surface area contributed by atoms with E-state index in [9.17, 15) is 4.79 Å². The average molecular weight is 400 g/mol. The quantitative estimate of drug-likeness (QED) is 0.378. The highest BCUT2D eigenvalue weighted by atomic mass is 32.2. The second-order valence-electron chi connectivity index (χ2n) is 5.89. The minimum atomic E-state index is -0.287. The summed E-state index contributed by atoms with van der Waals surface area (Å²) in [7, 11) is 3.27. The molecule has 4 aromatic rings. The summed E-state index contributed by atoms with van der Waals surface area (Å²) in [5.74, 6) is 0.685. The molecular weight excluding hydrogens is 382 g/mol. The van der Waals surface area contributed by atoms with Gasteiger partial charge in [-0.15, -0.1) is 21.5 Å². The molecular formula is C18H17N5O2S2. The van der Waals surface area contributed by atoms with Gasteiger partial charge in [-0.25, -0.2) is 4.68 Å². The number of aromatic nitrogens is 5. The van der Waals surface area contributed by atoms with Gasteiger partial charge in [0.15, 0.2) is 11.0 Å². The molecule has 0 amide bonds. The Kier molecular flexibility index (Phi) is 4.71. The van der Waals surface area contributed by atoms with Crippen LogP contribution in [0, 0.1) is 6.92 Å². The van der Waals surface area contributed by atoms with Crippen molar-refractivity contribution in [1.29, 1.82) is 0 Å². The SMILES string of the molecule is COC(=O)CSc1nnc(-c2cc3c(C)nn(-c4ccccc4)c3s2)n1C. The summed E-state index contributed by atoms with van der Waals surface area (Å²) in [4.78, 5) is 13.4. The molecule has 3 aromatic heterocycles. The van der Waals surface area contributed by atoms with Gasteiger partial charge in [0.25, 0.3) is 0 Å². The van der Waals surface area contributed by atoms with Gasteiger partial charge in [-0.1, -0.05) is 30.0 Å². The van der Waals surface area contributed by atoms with Gasteiger partial charge in [0.05, 0.1) is 29.1 Å². The van der Waals surface area contributed by atoms with Gasteiger partial charge in [-0.2, -0.15) is 5.10 Å². The Bertz CT molecular complexity index is 1110. The van der Waals surface area contributed by atoms with Gasteiger partial charge in [-0.3, -0.25) is 4.79 Å². The molecule has 0 atom stereocenters. The molecule has 0 aliphatic heterocycles. The molecule has 0 saturated heterocycles. The van der Waals surface area contributed by atoms with Crippen molar-refractivity contribution in [2.45, 2.75) is 12.1 Å². The molecule has 0 bridgehead atoms. The first-order valence-electron chi connectivity index (χ1n) is 8.22. The van der Waals surface area contributed by atoms with Crippen LogP contribution in [0.1, 0.15) is 5.69 Å². The predicted molar refractivity (Wildman–Crippen MR) is 106 cm³/mol. The van der Waals surface area contributed by atoms with Gasteiger partial charge in [0, 0.05) is 12.4 Å². The molecule has 0 aliphatic carbocycles. The maximum Gasteiger partial charge on any atom is 0.316 e. The number of nitrogens with zero attached hydrogens (tertiary/aromatic N) is 5. The Morgan fingerprint density at radius 1 is 1.26 bits per heavy atom. The van der Waals surface area contributed by atoms with E-state index in [-0.39, 0.29) is 11.7 Å².